The van der Waals surface area contributed by atoms with Gasteiger partial charge in [0.25, 0.3) is 11.8 Å². The highest BCUT2D eigenvalue weighted by atomic mass is 19.1. The Morgan fingerprint density at radius 1 is 0.949 bits per heavy atom. The number of likely N-dealkylation sites (tertiary alicyclic amines) is 1. The number of imide groups is 1. The molecule has 1 N–H and O–H groups in total. The van der Waals surface area contributed by atoms with Gasteiger partial charge in [-0.05, 0) is 49.1 Å². The van der Waals surface area contributed by atoms with Crippen LogP contribution in [0.25, 0.3) is 27.7 Å². The van der Waals surface area contributed by atoms with Gasteiger partial charge in [-0.3, -0.25) is 19.3 Å². The normalized spacial score (nSPS) is 17.6. The number of hydrogen-bond acceptors (Lipinski definition) is 4. The number of piperidine rings is 1. The fourth-order valence-corrected chi connectivity index (χ4v) is 6.02. The van der Waals surface area contributed by atoms with Gasteiger partial charge in [0.1, 0.15) is 11.5 Å². The van der Waals surface area contributed by atoms with Crippen molar-refractivity contribution in [3.05, 3.63) is 71.6 Å². The van der Waals surface area contributed by atoms with Gasteiger partial charge < -0.3 is 14.4 Å². The summed E-state index contributed by atoms with van der Waals surface area (Å²) in [6.45, 7) is 2.71. The number of urea groups is 1. The van der Waals surface area contributed by atoms with E-state index in [1.807, 2.05) is 27.7 Å². The number of imidazole rings is 1. The van der Waals surface area contributed by atoms with Gasteiger partial charge >= 0.3 is 6.03 Å². The van der Waals surface area contributed by atoms with Crippen LogP contribution >= 0.6 is 0 Å². The SMILES string of the molecule is C.O=C1NC(=O)C(c2cnc3ccccn23)=C1c1cn2c3c(cc(F)cc13)CN(C(=O)N1CCCCC1)CC2. The van der Waals surface area contributed by atoms with Crippen LogP contribution in [0.15, 0.2) is 48.9 Å². The van der Waals surface area contributed by atoms with E-state index in [1.165, 1.54) is 12.1 Å². The molecular formula is C29H29FN6O3. The Morgan fingerprint density at radius 2 is 1.74 bits per heavy atom. The number of carbonyl (C=O) groups excluding carboxylic acids is 3. The van der Waals surface area contributed by atoms with Crippen molar-refractivity contribution in [2.75, 3.05) is 19.6 Å². The summed E-state index contributed by atoms with van der Waals surface area (Å²) in [6, 6.07) is 8.33. The maximum atomic E-state index is 15.0. The summed E-state index contributed by atoms with van der Waals surface area (Å²) in [5.74, 6) is -1.50. The van der Waals surface area contributed by atoms with E-state index in [0.717, 1.165) is 37.9 Å². The topological polar surface area (TPSA) is 92.0 Å². The molecule has 4 aromatic rings. The van der Waals surface area contributed by atoms with Crippen LogP contribution in [0.5, 0.6) is 0 Å². The number of aromatic nitrogens is 3. The first kappa shape index (κ1) is 24.8. The van der Waals surface area contributed by atoms with Crippen molar-refractivity contribution in [1.82, 2.24) is 29.1 Å². The minimum absolute atomic E-state index is 0. The zero-order valence-electron chi connectivity index (χ0n) is 20.6. The summed E-state index contributed by atoms with van der Waals surface area (Å²) in [5.41, 5.74) is 3.47. The van der Waals surface area contributed by atoms with Gasteiger partial charge in [-0.1, -0.05) is 13.5 Å². The first-order valence-corrected chi connectivity index (χ1v) is 12.9. The Labute approximate surface area is 224 Å². The minimum Gasteiger partial charge on any atom is -0.345 e. The van der Waals surface area contributed by atoms with E-state index in [9.17, 15) is 14.4 Å². The predicted octanol–water partition coefficient (Wildman–Crippen LogP) is 4.05. The molecule has 10 heteroatoms. The summed E-state index contributed by atoms with van der Waals surface area (Å²) in [4.78, 5) is 47.5. The molecule has 0 spiro atoms. The second-order valence-corrected chi connectivity index (χ2v) is 10.1. The standard InChI is InChI=1S/C28H25FN6O3.CH4/c29-18-12-17-15-34(28(38)32-7-3-1-4-8-32)11-10-33-16-20(19(13-18)25(17)33)23-24(27(37)31-26(23)36)21-14-30-22-6-2-5-9-35(21)22;/h2,5-6,9,12-14,16H,1,3-4,7-8,10-11,15H2,(H,31,36,37);1H4. The molecule has 200 valence electrons. The van der Waals surface area contributed by atoms with E-state index in [2.05, 4.69) is 10.3 Å². The first-order chi connectivity index (χ1) is 18.5. The second kappa shape index (κ2) is 9.37. The molecule has 0 unspecified atom stereocenters. The number of pyridine rings is 1. The monoisotopic (exact) mass is 528 g/mol. The van der Waals surface area contributed by atoms with Crippen LogP contribution in [0.3, 0.4) is 0 Å². The molecule has 7 rings (SSSR count). The van der Waals surface area contributed by atoms with Crippen molar-refractivity contribution in [1.29, 1.82) is 0 Å². The van der Waals surface area contributed by atoms with Crippen molar-refractivity contribution in [2.45, 2.75) is 39.8 Å². The van der Waals surface area contributed by atoms with Gasteiger partial charge in [-0.2, -0.15) is 0 Å². The van der Waals surface area contributed by atoms with Crippen molar-refractivity contribution in [3.8, 4) is 0 Å². The van der Waals surface area contributed by atoms with Crippen LogP contribution in [0.4, 0.5) is 9.18 Å². The third-order valence-corrected chi connectivity index (χ3v) is 7.76. The highest BCUT2D eigenvalue weighted by Gasteiger charge is 2.36. The molecule has 6 heterocycles. The smallest absolute Gasteiger partial charge is 0.320 e. The lowest BCUT2D eigenvalue weighted by Crippen LogP contribution is -2.45. The number of halogens is 1. The molecule has 4 amide bonds. The maximum absolute atomic E-state index is 15.0. The highest BCUT2D eigenvalue weighted by molar-refractivity contribution is 6.49. The number of hydrogen-bond donors (Lipinski definition) is 1. The fraction of sp³-hybridized carbons (Fsp3) is 0.310. The molecule has 3 aliphatic heterocycles. The summed E-state index contributed by atoms with van der Waals surface area (Å²) in [7, 11) is 0. The van der Waals surface area contributed by atoms with Gasteiger partial charge in [-0.25, -0.2) is 14.2 Å². The Kier molecular flexibility index (Phi) is 5.97. The van der Waals surface area contributed by atoms with Crippen molar-refractivity contribution in [2.24, 2.45) is 0 Å². The molecule has 9 nitrogen and oxygen atoms in total. The summed E-state index contributed by atoms with van der Waals surface area (Å²) >= 11 is 0. The van der Waals surface area contributed by atoms with E-state index < -0.39 is 17.6 Å². The van der Waals surface area contributed by atoms with E-state index >= 15 is 4.39 Å². The van der Waals surface area contributed by atoms with E-state index in [1.54, 1.807) is 27.9 Å². The van der Waals surface area contributed by atoms with Crippen LogP contribution < -0.4 is 5.32 Å². The number of carbonyl (C=O) groups is 3. The molecule has 1 fully saturated rings. The Bertz CT molecular complexity index is 1690. The van der Waals surface area contributed by atoms with E-state index in [4.69, 9.17) is 0 Å². The zero-order chi connectivity index (χ0) is 26.0. The van der Waals surface area contributed by atoms with Gasteiger partial charge in [0.15, 0.2) is 0 Å². The molecule has 3 aromatic heterocycles. The van der Waals surface area contributed by atoms with Gasteiger partial charge in [0, 0.05) is 56.1 Å². The fourth-order valence-electron chi connectivity index (χ4n) is 6.02. The lowest BCUT2D eigenvalue weighted by atomic mass is 9.98. The Hall–Kier alpha value is -4.47. The summed E-state index contributed by atoms with van der Waals surface area (Å²) in [5, 5.41) is 2.96. The highest BCUT2D eigenvalue weighted by Crippen LogP contribution is 2.38. The van der Waals surface area contributed by atoms with Gasteiger partial charge in [-0.15, -0.1) is 0 Å². The second-order valence-electron chi connectivity index (χ2n) is 10.1. The number of amides is 4. The number of nitrogens with zero attached hydrogens (tertiary/aromatic N) is 5. The van der Waals surface area contributed by atoms with Crippen LogP contribution in [-0.2, 0) is 22.7 Å². The average molecular weight is 529 g/mol. The first-order valence-electron chi connectivity index (χ1n) is 12.9. The molecule has 39 heavy (non-hydrogen) atoms. The third kappa shape index (κ3) is 3.89. The van der Waals surface area contributed by atoms with Crippen molar-refractivity contribution >= 4 is 45.5 Å². The molecule has 0 aliphatic carbocycles. The molecule has 0 radical (unpaired) electrons. The molecule has 1 aromatic carbocycles. The van der Waals surface area contributed by atoms with Gasteiger partial charge in [0.2, 0.25) is 0 Å². The Balaban J connectivity index is 0.00000277. The average Bonchev–Trinajstić information content (AvgIpc) is 3.54. The third-order valence-electron chi connectivity index (χ3n) is 7.76. The molecular weight excluding hydrogens is 499 g/mol. The lowest BCUT2D eigenvalue weighted by Gasteiger charge is -2.32. The summed E-state index contributed by atoms with van der Waals surface area (Å²) < 4.78 is 18.8. The zero-order valence-corrected chi connectivity index (χ0v) is 20.6. The van der Waals surface area contributed by atoms with E-state index in [0.29, 0.717) is 40.9 Å². The Morgan fingerprint density at radius 3 is 2.56 bits per heavy atom. The van der Waals surface area contributed by atoms with Crippen LogP contribution in [-0.4, -0.2) is 61.2 Å². The van der Waals surface area contributed by atoms with Crippen molar-refractivity contribution < 1.29 is 18.8 Å². The number of nitrogens with one attached hydrogen (secondary N) is 1. The molecule has 0 bridgehead atoms. The lowest BCUT2D eigenvalue weighted by molar-refractivity contribution is -0.122. The van der Waals surface area contributed by atoms with Crippen LogP contribution in [0.1, 0.15) is 43.5 Å². The van der Waals surface area contributed by atoms with Crippen LogP contribution in [0.2, 0.25) is 0 Å². The van der Waals surface area contributed by atoms with Crippen LogP contribution in [0, 0.1) is 5.82 Å². The predicted molar refractivity (Wildman–Crippen MR) is 145 cm³/mol. The maximum Gasteiger partial charge on any atom is 0.320 e. The quantitative estimate of drug-likeness (QED) is 0.398. The summed E-state index contributed by atoms with van der Waals surface area (Å²) in [6.07, 6.45) is 8.29. The number of rotatable bonds is 2. The minimum atomic E-state index is -0.528. The van der Waals surface area contributed by atoms with E-state index in [-0.39, 0.29) is 31.1 Å². The molecule has 1 saturated heterocycles. The molecule has 0 saturated carbocycles. The molecule has 0 atom stereocenters. The number of fused-ring (bicyclic) bond motifs is 1. The largest absolute Gasteiger partial charge is 0.345 e. The number of benzene rings is 1. The molecule has 3 aliphatic rings. The van der Waals surface area contributed by atoms with Gasteiger partial charge in [0.05, 0.1) is 28.6 Å². The van der Waals surface area contributed by atoms with Crippen molar-refractivity contribution in [3.63, 3.8) is 0 Å².